The summed E-state index contributed by atoms with van der Waals surface area (Å²) in [4.78, 5) is 43.1. The summed E-state index contributed by atoms with van der Waals surface area (Å²) in [6.45, 7) is 2.43. The predicted octanol–water partition coefficient (Wildman–Crippen LogP) is 3.76. The fourth-order valence-corrected chi connectivity index (χ4v) is 4.15. The van der Waals surface area contributed by atoms with Crippen LogP contribution in [-0.4, -0.2) is 44.5 Å². The highest BCUT2D eigenvalue weighted by molar-refractivity contribution is 6.05. The summed E-state index contributed by atoms with van der Waals surface area (Å²) in [5.41, 5.74) is 4.95. The first kappa shape index (κ1) is 22.1. The average Bonchev–Trinajstić information content (AvgIpc) is 3.33. The Balaban J connectivity index is 1.25. The number of H-pyrrole nitrogens is 1. The molecular formula is C25H23N7O3. The minimum atomic E-state index is -0.330. The molecule has 0 bridgehead atoms. The van der Waals surface area contributed by atoms with E-state index in [4.69, 9.17) is 0 Å². The van der Waals surface area contributed by atoms with Crippen LogP contribution in [0.5, 0.6) is 0 Å². The lowest BCUT2D eigenvalue weighted by atomic mass is 9.99. The van der Waals surface area contributed by atoms with Gasteiger partial charge in [-0.05, 0) is 53.9 Å². The zero-order valence-electron chi connectivity index (χ0n) is 19.0. The number of anilines is 3. The number of aromatic nitrogens is 3. The van der Waals surface area contributed by atoms with Crippen molar-refractivity contribution in [3.63, 3.8) is 0 Å². The maximum absolute atomic E-state index is 12.9. The summed E-state index contributed by atoms with van der Waals surface area (Å²) < 4.78 is 0. The first-order valence-electron chi connectivity index (χ1n) is 11.1. The van der Waals surface area contributed by atoms with Crippen LogP contribution in [0, 0.1) is 0 Å². The summed E-state index contributed by atoms with van der Waals surface area (Å²) in [6, 6.07) is 13.4. The average molecular weight is 470 g/mol. The molecule has 0 fully saturated rings. The van der Waals surface area contributed by atoms with Crippen LogP contribution in [-0.2, 0) is 17.8 Å². The van der Waals surface area contributed by atoms with Gasteiger partial charge in [-0.1, -0.05) is 12.1 Å². The summed E-state index contributed by atoms with van der Waals surface area (Å²) in [5.74, 6) is -0.525. The lowest BCUT2D eigenvalue weighted by molar-refractivity contribution is -0.114. The van der Waals surface area contributed by atoms with Crippen molar-refractivity contribution in [3.8, 4) is 0 Å². The lowest BCUT2D eigenvalue weighted by Gasteiger charge is -2.29. The predicted molar refractivity (Wildman–Crippen MR) is 132 cm³/mol. The van der Waals surface area contributed by atoms with Crippen molar-refractivity contribution < 1.29 is 14.4 Å². The molecule has 1 aliphatic heterocycles. The number of nitrogens with zero attached hydrogens (tertiary/aromatic N) is 3. The van der Waals surface area contributed by atoms with Crippen LogP contribution >= 0.6 is 0 Å². The summed E-state index contributed by atoms with van der Waals surface area (Å²) in [7, 11) is 0. The molecular weight excluding hydrogens is 446 g/mol. The standard InChI is InChI=1S/C25H23N7O3/c1-15(33)28-19-6-3-7-20(11-19)29-24(34)16-4-2-5-18(10-16)30-25(35)32-9-8-21-17(14-32)12-26-23-22(21)13-27-31-23/h2-7,10-13H,8-9,14H2,1H3,(H,28,33)(H,29,34)(H,30,35)(H,26,27,31). The van der Waals surface area contributed by atoms with Gasteiger partial charge in [-0.15, -0.1) is 0 Å². The number of hydrogen-bond donors (Lipinski definition) is 4. The van der Waals surface area contributed by atoms with Gasteiger partial charge in [0.15, 0.2) is 5.65 Å². The van der Waals surface area contributed by atoms with Crippen molar-refractivity contribution in [1.29, 1.82) is 0 Å². The maximum atomic E-state index is 12.9. The van der Waals surface area contributed by atoms with Crippen LogP contribution in [0.25, 0.3) is 11.0 Å². The fraction of sp³-hybridized carbons (Fsp3) is 0.160. The third-order valence-electron chi connectivity index (χ3n) is 5.78. The second-order valence-corrected chi connectivity index (χ2v) is 8.29. The van der Waals surface area contributed by atoms with Crippen molar-refractivity contribution >= 4 is 45.9 Å². The Morgan fingerprint density at radius 2 is 1.69 bits per heavy atom. The van der Waals surface area contributed by atoms with Gasteiger partial charge in [0.2, 0.25) is 5.91 Å². The van der Waals surface area contributed by atoms with Crippen LogP contribution < -0.4 is 16.0 Å². The molecule has 2 aromatic carbocycles. The molecule has 2 aromatic heterocycles. The Morgan fingerprint density at radius 3 is 2.49 bits per heavy atom. The van der Waals surface area contributed by atoms with Crippen molar-refractivity contribution in [1.82, 2.24) is 20.1 Å². The van der Waals surface area contributed by atoms with Crippen LogP contribution in [0.3, 0.4) is 0 Å². The van der Waals surface area contributed by atoms with Gasteiger partial charge in [0.05, 0.1) is 6.20 Å². The van der Waals surface area contributed by atoms with Crippen molar-refractivity contribution in [3.05, 3.63) is 77.6 Å². The van der Waals surface area contributed by atoms with E-state index in [0.29, 0.717) is 42.1 Å². The van der Waals surface area contributed by atoms with Crippen molar-refractivity contribution in [2.45, 2.75) is 19.9 Å². The normalized spacial score (nSPS) is 12.7. The molecule has 1 aliphatic rings. The number of carbonyl (C=O) groups is 3. The number of benzene rings is 2. The second kappa shape index (κ2) is 9.26. The lowest BCUT2D eigenvalue weighted by Crippen LogP contribution is -2.39. The van der Waals surface area contributed by atoms with E-state index in [1.165, 1.54) is 6.92 Å². The zero-order valence-corrected chi connectivity index (χ0v) is 19.0. The number of carbonyl (C=O) groups excluding carboxylic acids is 3. The molecule has 0 saturated heterocycles. The van der Waals surface area contributed by atoms with E-state index in [-0.39, 0.29) is 17.8 Å². The summed E-state index contributed by atoms with van der Waals surface area (Å²) in [6.07, 6.45) is 4.26. The smallest absolute Gasteiger partial charge is 0.322 e. The number of amides is 4. The van der Waals surface area contributed by atoms with E-state index >= 15 is 0 Å². The maximum Gasteiger partial charge on any atom is 0.322 e. The zero-order chi connectivity index (χ0) is 24.4. The van der Waals surface area contributed by atoms with E-state index in [1.807, 2.05) is 0 Å². The molecule has 4 amide bonds. The molecule has 35 heavy (non-hydrogen) atoms. The number of nitrogens with one attached hydrogen (secondary N) is 4. The third-order valence-corrected chi connectivity index (χ3v) is 5.78. The topological polar surface area (TPSA) is 132 Å². The molecule has 176 valence electrons. The van der Waals surface area contributed by atoms with E-state index in [0.717, 1.165) is 22.2 Å². The Bertz CT molecular complexity index is 1450. The molecule has 10 heteroatoms. The molecule has 0 atom stereocenters. The molecule has 0 aliphatic carbocycles. The van der Waals surface area contributed by atoms with Gasteiger partial charge >= 0.3 is 6.03 Å². The van der Waals surface area contributed by atoms with Gasteiger partial charge in [0.1, 0.15) is 0 Å². The van der Waals surface area contributed by atoms with Gasteiger partial charge < -0.3 is 20.9 Å². The largest absolute Gasteiger partial charge is 0.326 e. The Hall–Kier alpha value is -4.73. The van der Waals surface area contributed by atoms with Crippen LogP contribution in [0.15, 0.2) is 60.9 Å². The highest BCUT2D eigenvalue weighted by atomic mass is 16.2. The summed E-state index contributed by atoms with van der Waals surface area (Å²) in [5, 5.41) is 16.3. The first-order chi connectivity index (χ1) is 17.0. The van der Waals surface area contributed by atoms with Gasteiger partial charge in [-0.25, -0.2) is 9.78 Å². The first-order valence-corrected chi connectivity index (χ1v) is 11.1. The Labute approximate surface area is 200 Å². The van der Waals surface area contributed by atoms with Crippen molar-refractivity contribution in [2.24, 2.45) is 0 Å². The van der Waals surface area contributed by atoms with Crippen LogP contribution in [0.2, 0.25) is 0 Å². The molecule has 3 heterocycles. The molecule has 0 radical (unpaired) electrons. The monoisotopic (exact) mass is 469 g/mol. The molecule has 0 spiro atoms. The number of fused-ring (bicyclic) bond motifs is 3. The minimum Gasteiger partial charge on any atom is -0.326 e. The second-order valence-electron chi connectivity index (χ2n) is 8.29. The van der Waals surface area contributed by atoms with E-state index in [9.17, 15) is 14.4 Å². The van der Waals surface area contributed by atoms with Gasteiger partial charge in [-0.2, -0.15) is 5.10 Å². The molecule has 5 rings (SSSR count). The van der Waals surface area contributed by atoms with Gasteiger partial charge in [0.25, 0.3) is 5.91 Å². The van der Waals surface area contributed by atoms with E-state index < -0.39 is 0 Å². The minimum absolute atomic E-state index is 0.194. The fourth-order valence-electron chi connectivity index (χ4n) is 4.15. The Morgan fingerprint density at radius 1 is 0.943 bits per heavy atom. The van der Waals surface area contributed by atoms with Gasteiger partial charge in [0, 0.05) is 54.2 Å². The van der Waals surface area contributed by atoms with E-state index in [1.54, 1.807) is 65.8 Å². The van der Waals surface area contributed by atoms with Gasteiger partial charge in [-0.3, -0.25) is 14.7 Å². The van der Waals surface area contributed by atoms with Crippen LogP contribution in [0.1, 0.15) is 28.4 Å². The third kappa shape index (κ3) is 4.81. The molecule has 0 unspecified atom stereocenters. The number of aromatic amines is 1. The molecule has 4 N–H and O–H groups in total. The highest BCUT2D eigenvalue weighted by Gasteiger charge is 2.23. The molecule has 10 nitrogen and oxygen atoms in total. The summed E-state index contributed by atoms with van der Waals surface area (Å²) >= 11 is 0. The molecule has 4 aromatic rings. The van der Waals surface area contributed by atoms with E-state index in [2.05, 4.69) is 31.1 Å². The number of hydrogen-bond acceptors (Lipinski definition) is 5. The highest BCUT2D eigenvalue weighted by Crippen LogP contribution is 2.25. The number of rotatable bonds is 4. The van der Waals surface area contributed by atoms with Crippen LogP contribution in [0.4, 0.5) is 21.9 Å². The quantitative estimate of drug-likeness (QED) is 0.361. The molecule has 0 saturated carbocycles. The Kier molecular flexibility index (Phi) is 5.84. The van der Waals surface area contributed by atoms with Crippen molar-refractivity contribution in [2.75, 3.05) is 22.5 Å². The SMILES string of the molecule is CC(=O)Nc1cccc(NC(=O)c2cccc(NC(=O)N3CCc4c(cnc5[nH]ncc45)C3)c2)c1. The number of urea groups is 1. The number of pyridine rings is 1.